The Morgan fingerprint density at radius 3 is 1.04 bits per heavy atom. The Morgan fingerprint density at radius 1 is 0.359 bits per heavy atom. The van der Waals surface area contributed by atoms with Gasteiger partial charge in [0.25, 0.3) is 0 Å². The lowest BCUT2D eigenvalue weighted by Gasteiger charge is -2.34. The molecule has 0 bridgehead atoms. The molecule has 3 saturated heterocycles. The van der Waals surface area contributed by atoms with E-state index in [1.807, 2.05) is 0 Å². The SMILES string of the molecule is CC(C)C[C@@H]1NC(=O)[C@H](Cc2c[nH]c3ccccc23)NC(=O)[C@H]([C@@H](C)O)NC(=O)[C@@H]2CCCN2C(=O)[C@H]2CCCN2C(=O)[C@H](CCCCN)NC(=O)[C@H](C(C)C)NC(=O)[C@H](CCCCN)NC(=O)[C@H](CCCCN)NC(=O)[C@H](Cc2c[nH]c3ccccc23)NC(=O)[C@H](CCCN=C(N)N)NC(=O)[C@H](CCCN=C(N)N)NC(=O)[C@H](CCCCN)NC(=O)[C@H](CCCCN)NC1=O. The molecule has 0 saturated carbocycles. The molecule has 3 aliphatic rings. The Labute approximate surface area is 765 Å². The summed E-state index contributed by atoms with van der Waals surface area (Å²) in [6, 6.07) is -5.68. The number of aliphatic hydroxyl groups excluding tert-OH is 1. The molecular formula is C89H145N27O15. The first kappa shape index (κ1) is 106. The standard InChI is InChI=1S/C89H145N27O15/c1-51(2)46-67-80(124)107-61(29-11-16-38-91)75(119)103-60(28-10-15-37-90)74(118)105-64(33-20-42-99-88(95)96)77(121)106-65(34-21-43-100-89(97)98)78(122)111-68(47-54-49-101-58-26-8-6-24-56(54)58)81(125)108-62(30-12-17-39-92)76(120)104-63(31-13-18-40-93)79(123)113-72(52(3)4)84(128)109-66(32-14-19-41-94)86(130)116-45-23-36-71(116)87(131)115-44-22-35-70(115)83(127)114-73(53(5)117)85(129)112-69(82(126)110-67)48-55-50-102-59-27-9-7-25-57(55)59/h6-9,24-27,49-53,60-73,101-102,117H,10-23,28-48,90-94H2,1-5H3,(H,103,119)(H,104,120)(H,105,118)(H,106,121)(H,107,124)(H,108,125)(H,109,128)(H,110,126)(H,111,122)(H,112,129)(H,113,123)(H,114,127)(H4,95,96,99)(H4,97,98,100)/t53-,60+,61+,62+,63+,64+,65+,66+,67+,68+,69+,70+,71-,72+,73+/m1/s1. The van der Waals surface area contributed by atoms with E-state index in [9.17, 15) is 19.5 Å². The lowest BCUT2D eigenvalue weighted by molar-refractivity contribution is -0.148. The van der Waals surface area contributed by atoms with Crippen LogP contribution in [0.2, 0.25) is 0 Å². The normalized spacial score (nSPS) is 24.5. The maximum absolute atomic E-state index is 15.5. The largest absolute Gasteiger partial charge is 0.391 e. The lowest BCUT2D eigenvalue weighted by Crippen LogP contribution is -2.62. The van der Waals surface area contributed by atoms with Crippen LogP contribution >= 0.6 is 0 Å². The highest BCUT2D eigenvalue weighted by Gasteiger charge is 2.46. The molecule has 15 atom stereocenters. The number of hydrogen-bond donors (Lipinski definition) is 24. The van der Waals surface area contributed by atoms with E-state index in [1.54, 1.807) is 88.6 Å². The van der Waals surface area contributed by atoms with Gasteiger partial charge in [0.1, 0.15) is 84.6 Å². The second kappa shape index (κ2) is 54.9. The molecule has 5 heterocycles. The predicted octanol–water partition coefficient (Wildman–Crippen LogP) is -2.92. The molecule has 42 nitrogen and oxygen atoms in total. The number of amides is 14. The topological polar surface area (TPSA) is 701 Å². The monoisotopic (exact) mass is 1830 g/mol. The summed E-state index contributed by atoms with van der Waals surface area (Å²) in [6.45, 7) is 9.18. The number of nitrogens with one attached hydrogen (secondary N) is 14. The zero-order valence-corrected chi connectivity index (χ0v) is 76.5. The molecule has 7 rings (SSSR count). The number of H-pyrrole nitrogens is 2. The number of guanidine groups is 2. The summed E-state index contributed by atoms with van der Waals surface area (Å²) in [5.74, 6) is -13.2. The average molecular weight is 1830 g/mol. The number of fused-ring (bicyclic) bond motifs is 4. The molecular weight excluding hydrogens is 1690 g/mol. The summed E-state index contributed by atoms with van der Waals surface area (Å²) < 4.78 is 0. The number of benzene rings is 2. The van der Waals surface area contributed by atoms with Crippen LogP contribution in [0.15, 0.2) is 70.9 Å². The number of aliphatic imine (C=N–C) groups is 2. The Balaban J connectivity index is 1.35. The van der Waals surface area contributed by atoms with Crippen LogP contribution < -0.4 is 115 Å². The van der Waals surface area contributed by atoms with Crippen molar-refractivity contribution in [1.29, 1.82) is 0 Å². The van der Waals surface area contributed by atoms with Crippen molar-refractivity contribution in [3.63, 3.8) is 0 Å². The van der Waals surface area contributed by atoms with Crippen molar-refractivity contribution in [3.05, 3.63) is 72.1 Å². The maximum atomic E-state index is 15.5. The number of nitrogens with two attached hydrogens (primary N) is 9. The number of aromatic nitrogens is 2. The minimum atomic E-state index is -1.77. The van der Waals surface area contributed by atoms with Crippen LogP contribution in [0.4, 0.5) is 0 Å². The fraction of sp³-hybridized carbons (Fsp3) is 0.640. The van der Waals surface area contributed by atoms with Crippen LogP contribution in [0, 0.1) is 11.8 Å². The molecule has 42 heteroatoms. The zero-order chi connectivity index (χ0) is 95.8. The zero-order valence-electron chi connectivity index (χ0n) is 76.5. The Hall–Kier alpha value is -11.6. The van der Waals surface area contributed by atoms with E-state index >= 15 is 52.7 Å². The minimum Gasteiger partial charge on any atom is -0.391 e. The minimum absolute atomic E-state index is 0.0164. The number of carbonyl (C=O) groups excluding carboxylic acids is 14. The first-order valence-corrected chi connectivity index (χ1v) is 46.4. The summed E-state index contributed by atoms with van der Waals surface area (Å²) in [4.78, 5) is 230. The first-order chi connectivity index (χ1) is 62.7. The van der Waals surface area contributed by atoms with Crippen molar-refractivity contribution >= 4 is 116 Å². The predicted molar refractivity (Wildman–Crippen MR) is 497 cm³/mol. The highest BCUT2D eigenvalue weighted by molar-refractivity contribution is 6.02. The third-order valence-corrected chi connectivity index (χ3v) is 23.8. The van der Waals surface area contributed by atoms with Gasteiger partial charge in [0.2, 0.25) is 82.7 Å². The number of hydrogen-bond acceptors (Lipinski definition) is 22. The number of rotatable bonds is 36. The molecule has 0 aliphatic carbocycles. The molecule has 3 aliphatic heterocycles. The molecule has 2 aromatic heterocycles. The number of aliphatic hydroxyl groups is 1. The molecule has 131 heavy (non-hydrogen) atoms. The lowest BCUT2D eigenvalue weighted by atomic mass is 9.99. The number of aromatic amines is 2. The smallest absolute Gasteiger partial charge is 0.246 e. The maximum Gasteiger partial charge on any atom is 0.246 e. The van der Waals surface area contributed by atoms with Gasteiger partial charge in [-0.3, -0.25) is 77.1 Å². The van der Waals surface area contributed by atoms with E-state index in [4.69, 9.17) is 51.6 Å². The van der Waals surface area contributed by atoms with E-state index < -0.39 is 179 Å². The van der Waals surface area contributed by atoms with Crippen LogP contribution in [-0.4, -0.2) is 269 Å². The molecule has 0 radical (unpaired) electrons. The summed E-state index contributed by atoms with van der Waals surface area (Å²) >= 11 is 0. The summed E-state index contributed by atoms with van der Waals surface area (Å²) in [6.07, 6.45) is 5.08. The van der Waals surface area contributed by atoms with Gasteiger partial charge in [0, 0.05) is 73.2 Å². The molecule has 3 fully saturated rings. The third-order valence-electron chi connectivity index (χ3n) is 23.8. The van der Waals surface area contributed by atoms with Gasteiger partial charge in [-0.25, -0.2) is 0 Å². The molecule has 726 valence electrons. The van der Waals surface area contributed by atoms with Crippen molar-refractivity contribution in [2.24, 2.45) is 73.4 Å². The van der Waals surface area contributed by atoms with Crippen molar-refractivity contribution in [1.82, 2.24) is 83.6 Å². The van der Waals surface area contributed by atoms with E-state index in [-0.39, 0.29) is 186 Å². The molecule has 0 spiro atoms. The third kappa shape index (κ3) is 33.3. The number of carbonyl (C=O) groups is 14. The second-order valence-electron chi connectivity index (χ2n) is 35.0. The highest BCUT2D eigenvalue weighted by Crippen LogP contribution is 2.29. The molecule has 0 unspecified atom stereocenters. The van der Waals surface area contributed by atoms with Gasteiger partial charge in [0.15, 0.2) is 11.9 Å². The number of para-hydroxylation sites is 2. The van der Waals surface area contributed by atoms with Crippen molar-refractivity contribution < 1.29 is 72.2 Å². The van der Waals surface area contributed by atoms with Gasteiger partial charge in [-0.2, -0.15) is 0 Å². The van der Waals surface area contributed by atoms with Crippen LogP contribution in [-0.2, 0) is 80.0 Å². The van der Waals surface area contributed by atoms with Crippen LogP contribution in [0.3, 0.4) is 0 Å². The van der Waals surface area contributed by atoms with Gasteiger partial charge < -0.3 is 140 Å². The summed E-state index contributed by atoms with van der Waals surface area (Å²) in [7, 11) is 0. The average Bonchev–Trinajstić information content (AvgIpc) is 1.77. The molecule has 2 aromatic carbocycles. The van der Waals surface area contributed by atoms with Gasteiger partial charge in [-0.05, 0) is 229 Å². The van der Waals surface area contributed by atoms with Crippen molar-refractivity contribution in [2.75, 3.05) is 58.9 Å². The van der Waals surface area contributed by atoms with Crippen molar-refractivity contribution in [2.45, 2.75) is 292 Å². The molecule has 4 aromatic rings. The highest BCUT2D eigenvalue weighted by atomic mass is 16.3. The summed E-state index contributed by atoms with van der Waals surface area (Å²) in [5.41, 5.74) is 55.4. The van der Waals surface area contributed by atoms with Crippen LogP contribution in [0.25, 0.3) is 21.8 Å². The van der Waals surface area contributed by atoms with Gasteiger partial charge in [-0.15, -0.1) is 0 Å². The van der Waals surface area contributed by atoms with Gasteiger partial charge >= 0.3 is 0 Å². The van der Waals surface area contributed by atoms with E-state index in [2.05, 4.69) is 83.8 Å². The fourth-order valence-electron chi connectivity index (χ4n) is 16.6. The van der Waals surface area contributed by atoms with Crippen molar-refractivity contribution in [3.8, 4) is 0 Å². The number of nitrogens with zero attached hydrogens (tertiary/aromatic N) is 4. The first-order valence-electron chi connectivity index (χ1n) is 46.4. The van der Waals surface area contributed by atoms with Crippen LogP contribution in [0.1, 0.15) is 200 Å². The van der Waals surface area contributed by atoms with E-state index in [1.165, 1.54) is 16.7 Å². The van der Waals surface area contributed by atoms with Gasteiger partial charge in [-0.1, -0.05) is 64.1 Å². The Bertz CT molecular complexity index is 4490. The Morgan fingerprint density at radius 2 is 0.664 bits per heavy atom. The summed E-state index contributed by atoms with van der Waals surface area (Å²) in [5, 5.41) is 46.5. The molecule has 14 amide bonds. The quantitative estimate of drug-likeness (QED) is 0.0123. The van der Waals surface area contributed by atoms with E-state index in [0.29, 0.717) is 90.7 Å². The Kier molecular flexibility index (Phi) is 44.6. The van der Waals surface area contributed by atoms with E-state index in [0.717, 1.165) is 0 Å². The number of unbranched alkanes of at least 4 members (excludes halogenated alkanes) is 5. The fourth-order valence-corrected chi connectivity index (χ4v) is 16.6. The van der Waals surface area contributed by atoms with Gasteiger partial charge in [0.05, 0.1) is 6.10 Å². The second-order valence-corrected chi connectivity index (χ2v) is 35.0. The van der Waals surface area contributed by atoms with Crippen LogP contribution in [0.5, 0.6) is 0 Å². The molecule has 33 N–H and O–H groups in total.